The Hall–Kier alpha value is -1.93. The highest BCUT2D eigenvalue weighted by atomic mass is 32.2. The number of hydrogen-bond donors (Lipinski definition) is 1. The molecule has 1 N–H and O–H groups in total. The van der Waals surface area contributed by atoms with E-state index in [1.54, 1.807) is 22.6 Å². The summed E-state index contributed by atoms with van der Waals surface area (Å²) in [6, 6.07) is 4.61. The minimum atomic E-state index is -2.66. The molecule has 0 bridgehead atoms. The van der Waals surface area contributed by atoms with E-state index in [4.69, 9.17) is 14.3 Å². The van der Waals surface area contributed by atoms with Crippen LogP contribution in [-0.2, 0) is 9.92 Å². The maximum Gasteiger partial charge on any atom is 0.165 e. The van der Waals surface area contributed by atoms with Crippen LogP contribution in [0, 0.1) is 16.5 Å². The summed E-state index contributed by atoms with van der Waals surface area (Å²) in [6.45, 7) is 1.64. The number of fused-ring (bicyclic) bond motifs is 1. The highest BCUT2D eigenvalue weighted by Crippen LogP contribution is 2.30. The summed E-state index contributed by atoms with van der Waals surface area (Å²) in [7, 11) is -1.25. The van der Waals surface area contributed by atoms with Gasteiger partial charge in [-0.05, 0) is 18.6 Å². The summed E-state index contributed by atoms with van der Waals surface area (Å²) in [6.07, 6.45) is 3.87. The molecule has 1 fully saturated rings. The first-order chi connectivity index (χ1) is 11.4. The van der Waals surface area contributed by atoms with Crippen molar-refractivity contribution in [3.63, 3.8) is 0 Å². The molecular weight excluding hydrogens is 333 g/mol. The van der Waals surface area contributed by atoms with Crippen LogP contribution in [0.1, 0.15) is 6.42 Å². The molecule has 1 aromatic heterocycles. The third-order valence-electron chi connectivity index (χ3n) is 4.19. The van der Waals surface area contributed by atoms with Crippen LogP contribution in [0.5, 0.6) is 11.5 Å². The van der Waals surface area contributed by atoms with Gasteiger partial charge in [0.2, 0.25) is 0 Å². The van der Waals surface area contributed by atoms with Gasteiger partial charge >= 0.3 is 0 Å². The summed E-state index contributed by atoms with van der Waals surface area (Å²) in [5, 5.41) is 0.588. The molecule has 1 saturated heterocycles. The van der Waals surface area contributed by atoms with Gasteiger partial charge in [0, 0.05) is 42.9 Å². The third-order valence-corrected chi connectivity index (χ3v) is 5.51. The Kier molecular flexibility index (Phi) is 4.60. The van der Waals surface area contributed by atoms with Gasteiger partial charge in [0.05, 0.1) is 19.2 Å². The number of aromatic nitrogens is 1. The van der Waals surface area contributed by atoms with E-state index in [9.17, 15) is 8.60 Å². The normalized spacial score (nSPS) is 20.9. The summed E-state index contributed by atoms with van der Waals surface area (Å²) in [5.74, 6) is 0.437. The van der Waals surface area contributed by atoms with Crippen LogP contribution in [-0.4, -0.2) is 46.6 Å². The highest BCUT2D eigenvalue weighted by molar-refractivity contribution is 7.89. The van der Waals surface area contributed by atoms with E-state index in [-0.39, 0.29) is 11.7 Å². The Morgan fingerprint density at radius 1 is 1.46 bits per heavy atom. The van der Waals surface area contributed by atoms with Crippen LogP contribution in [0.25, 0.3) is 10.9 Å². The van der Waals surface area contributed by atoms with Crippen molar-refractivity contribution in [3.8, 4) is 11.5 Å². The molecule has 1 aliphatic rings. The molecule has 0 amide bonds. The molecule has 0 spiro atoms. The predicted molar refractivity (Wildman–Crippen MR) is 90.2 cm³/mol. The Bertz CT molecular complexity index is 857. The quantitative estimate of drug-likeness (QED) is 0.897. The van der Waals surface area contributed by atoms with Crippen molar-refractivity contribution < 1.29 is 18.1 Å². The SMILES string of the molecule is COc1cc2nccc(OC[C@H]3CCN([S@](C)(=N)=O)C3)c2cc1F. The molecule has 130 valence electrons. The number of hydrogen-bond acceptors (Lipinski definition) is 5. The van der Waals surface area contributed by atoms with E-state index in [1.165, 1.54) is 19.4 Å². The molecule has 2 aromatic rings. The van der Waals surface area contributed by atoms with Crippen molar-refractivity contribution in [1.29, 1.82) is 4.78 Å². The summed E-state index contributed by atoms with van der Waals surface area (Å²) in [4.78, 5) is 4.22. The third kappa shape index (κ3) is 3.44. The largest absolute Gasteiger partial charge is 0.494 e. The molecule has 2 heterocycles. The first-order valence-corrected chi connectivity index (χ1v) is 9.54. The lowest BCUT2D eigenvalue weighted by Gasteiger charge is -2.16. The molecule has 0 unspecified atom stereocenters. The zero-order valence-electron chi connectivity index (χ0n) is 13.6. The van der Waals surface area contributed by atoms with Crippen molar-refractivity contribution in [2.75, 3.05) is 33.1 Å². The number of benzene rings is 1. The van der Waals surface area contributed by atoms with E-state index in [2.05, 4.69) is 4.98 Å². The zero-order valence-corrected chi connectivity index (χ0v) is 14.4. The van der Waals surface area contributed by atoms with Crippen LogP contribution in [0.15, 0.2) is 24.4 Å². The summed E-state index contributed by atoms with van der Waals surface area (Å²) >= 11 is 0. The standard InChI is InChI=1S/C16H20FN3O3S/c1-22-16-8-14-12(7-13(16)17)15(3-5-19-14)23-10-11-4-6-20(9-11)24(2,18)21/h3,5,7-8,11,18H,4,6,9-10H2,1-2H3/t11-,24-/m0/s1. The van der Waals surface area contributed by atoms with Gasteiger partial charge in [0.1, 0.15) is 15.7 Å². The van der Waals surface area contributed by atoms with Gasteiger partial charge in [0.15, 0.2) is 11.6 Å². The van der Waals surface area contributed by atoms with Crippen molar-refractivity contribution >= 4 is 20.8 Å². The topological polar surface area (TPSA) is 75.5 Å². The fraction of sp³-hybridized carbons (Fsp3) is 0.438. The second kappa shape index (κ2) is 6.52. The Morgan fingerprint density at radius 2 is 2.25 bits per heavy atom. The number of rotatable bonds is 5. The van der Waals surface area contributed by atoms with Crippen LogP contribution in [0.2, 0.25) is 0 Å². The maximum absolute atomic E-state index is 14.0. The van der Waals surface area contributed by atoms with Gasteiger partial charge in [-0.1, -0.05) is 0 Å². The molecule has 1 aromatic carbocycles. The first kappa shape index (κ1) is 16.9. The molecule has 0 radical (unpaired) electrons. The van der Waals surface area contributed by atoms with Gasteiger partial charge in [-0.2, -0.15) is 0 Å². The number of halogens is 1. The van der Waals surface area contributed by atoms with E-state index in [0.29, 0.717) is 36.3 Å². The van der Waals surface area contributed by atoms with Gasteiger partial charge < -0.3 is 9.47 Å². The van der Waals surface area contributed by atoms with Gasteiger partial charge in [-0.25, -0.2) is 17.7 Å². The Labute approximate surface area is 140 Å². The van der Waals surface area contributed by atoms with Crippen LogP contribution < -0.4 is 9.47 Å². The van der Waals surface area contributed by atoms with Crippen molar-refractivity contribution in [3.05, 3.63) is 30.2 Å². The number of methoxy groups -OCH3 is 1. The number of ether oxygens (including phenoxy) is 2. The lowest BCUT2D eigenvalue weighted by atomic mass is 10.1. The Morgan fingerprint density at radius 3 is 2.92 bits per heavy atom. The number of nitrogens with one attached hydrogen (secondary N) is 1. The Balaban J connectivity index is 1.75. The molecule has 3 rings (SSSR count). The van der Waals surface area contributed by atoms with E-state index >= 15 is 0 Å². The summed E-state index contributed by atoms with van der Waals surface area (Å²) in [5.41, 5.74) is 0.599. The fourth-order valence-corrected chi connectivity index (χ4v) is 3.81. The van der Waals surface area contributed by atoms with Crippen LogP contribution >= 0.6 is 0 Å². The van der Waals surface area contributed by atoms with Crippen molar-refractivity contribution in [2.45, 2.75) is 6.42 Å². The fourth-order valence-electron chi connectivity index (χ4n) is 2.86. The van der Waals surface area contributed by atoms with Crippen molar-refractivity contribution in [2.24, 2.45) is 5.92 Å². The maximum atomic E-state index is 14.0. The van der Waals surface area contributed by atoms with E-state index in [0.717, 1.165) is 6.42 Å². The molecule has 8 heteroatoms. The van der Waals surface area contributed by atoms with Crippen molar-refractivity contribution in [1.82, 2.24) is 9.29 Å². The lowest BCUT2D eigenvalue weighted by molar-refractivity contribution is 0.258. The van der Waals surface area contributed by atoms with E-state index in [1.807, 2.05) is 0 Å². The van der Waals surface area contributed by atoms with Gasteiger partial charge in [0.25, 0.3) is 0 Å². The zero-order chi connectivity index (χ0) is 17.3. The van der Waals surface area contributed by atoms with Crippen LogP contribution in [0.4, 0.5) is 4.39 Å². The molecule has 24 heavy (non-hydrogen) atoms. The predicted octanol–water partition coefficient (Wildman–Crippen LogP) is 2.67. The molecule has 2 atom stereocenters. The van der Waals surface area contributed by atoms with E-state index < -0.39 is 15.7 Å². The second-order valence-electron chi connectivity index (χ2n) is 5.97. The molecule has 0 saturated carbocycles. The monoisotopic (exact) mass is 353 g/mol. The smallest absolute Gasteiger partial charge is 0.165 e. The molecule has 1 aliphatic heterocycles. The van der Waals surface area contributed by atoms with Gasteiger partial charge in [-0.15, -0.1) is 0 Å². The molecule has 6 nitrogen and oxygen atoms in total. The first-order valence-electron chi connectivity index (χ1n) is 7.62. The summed E-state index contributed by atoms with van der Waals surface area (Å²) < 4.78 is 45.9. The second-order valence-corrected chi connectivity index (χ2v) is 8.09. The molecular formula is C16H20FN3O3S. The number of pyridine rings is 1. The van der Waals surface area contributed by atoms with Crippen LogP contribution in [0.3, 0.4) is 0 Å². The molecule has 0 aliphatic carbocycles. The number of nitrogens with zero attached hydrogens (tertiary/aromatic N) is 2. The van der Waals surface area contributed by atoms with Gasteiger partial charge in [-0.3, -0.25) is 4.98 Å². The highest BCUT2D eigenvalue weighted by Gasteiger charge is 2.27. The minimum absolute atomic E-state index is 0.145. The average Bonchev–Trinajstić information content (AvgIpc) is 3.01. The minimum Gasteiger partial charge on any atom is -0.494 e. The lowest BCUT2D eigenvalue weighted by Crippen LogP contribution is -2.27. The average molecular weight is 353 g/mol.